The summed E-state index contributed by atoms with van der Waals surface area (Å²) >= 11 is 2.25. The Morgan fingerprint density at radius 1 is 1.38 bits per heavy atom. The lowest BCUT2D eigenvalue weighted by molar-refractivity contribution is 0.216. The van der Waals surface area contributed by atoms with Crippen molar-refractivity contribution in [2.24, 2.45) is 0 Å². The molecule has 0 bridgehead atoms. The summed E-state index contributed by atoms with van der Waals surface area (Å²) in [6.07, 6.45) is 2.45. The molecule has 0 aromatic carbocycles. The molecule has 2 nitrogen and oxygen atoms in total. The first kappa shape index (κ1) is 14.8. The van der Waals surface area contributed by atoms with Gasteiger partial charge in [0.05, 0.1) is 0 Å². The first-order valence-electron chi connectivity index (χ1n) is 6.17. The highest BCUT2D eigenvalue weighted by atomic mass is 32.4. The van der Waals surface area contributed by atoms with Gasteiger partial charge >= 0.3 is 9.28 Å². The summed E-state index contributed by atoms with van der Waals surface area (Å²) in [7, 11) is -0.698. The van der Waals surface area contributed by atoms with Crippen LogP contribution in [0.1, 0.15) is 26.7 Å². The molecule has 1 heterocycles. The smallest absolute Gasteiger partial charge is 0.321 e. The standard InChI is InChI=1S/C11H26O2SSi2/c1-11(2)7-8-13-15(12-3)10-6-9-14-16(11,4)5/h15H,6-10H2,1-5H3. The maximum Gasteiger partial charge on any atom is 0.321 e. The van der Waals surface area contributed by atoms with Crippen molar-refractivity contribution in [1.82, 2.24) is 0 Å². The van der Waals surface area contributed by atoms with Crippen molar-refractivity contribution in [3.05, 3.63) is 0 Å². The lowest BCUT2D eigenvalue weighted by Crippen LogP contribution is -2.38. The highest BCUT2D eigenvalue weighted by molar-refractivity contribution is 8.29. The normalized spacial score (nSPS) is 30.9. The minimum atomic E-state index is -1.33. The Kier molecular flexibility index (Phi) is 5.58. The summed E-state index contributed by atoms with van der Waals surface area (Å²) in [5, 5.41) is 0.460. The van der Waals surface area contributed by atoms with Crippen LogP contribution in [0, 0.1) is 0 Å². The van der Waals surface area contributed by atoms with Gasteiger partial charge in [-0.3, -0.25) is 0 Å². The van der Waals surface area contributed by atoms with Gasteiger partial charge in [0.1, 0.15) is 7.22 Å². The van der Waals surface area contributed by atoms with E-state index >= 15 is 0 Å². The molecule has 1 unspecified atom stereocenters. The van der Waals surface area contributed by atoms with Gasteiger partial charge in [-0.05, 0) is 29.7 Å². The van der Waals surface area contributed by atoms with Gasteiger partial charge in [0.25, 0.3) is 0 Å². The van der Waals surface area contributed by atoms with Crippen molar-refractivity contribution < 1.29 is 8.85 Å². The molecule has 0 aromatic rings. The molecular formula is C11H26O2SSi2. The molecule has 16 heavy (non-hydrogen) atoms. The van der Waals surface area contributed by atoms with E-state index in [2.05, 4.69) is 38.2 Å². The zero-order valence-electron chi connectivity index (χ0n) is 11.3. The molecule has 1 fully saturated rings. The van der Waals surface area contributed by atoms with Crippen molar-refractivity contribution in [2.45, 2.75) is 50.9 Å². The SMILES string of the molecule is CO[SiH]1CCCS[Si](C)(C)C(C)(C)CCO1. The first-order chi connectivity index (χ1) is 7.39. The predicted molar refractivity (Wildman–Crippen MR) is 78.1 cm³/mol. The molecule has 0 radical (unpaired) electrons. The lowest BCUT2D eigenvalue weighted by Gasteiger charge is -2.40. The summed E-state index contributed by atoms with van der Waals surface area (Å²) in [5.74, 6) is 1.29. The highest BCUT2D eigenvalue weighted by Crippen LogP contribution is 2.47. The maximum atomic E-state index is 5.93. The summed E-state index contributed by atoms with van der Waals surface area (Å²) in [6, 6.07) is 1.18. The van der Waals surface area contributed by atoms with E-state index in [0.29, 0.717) is 5.04 Å². The average Bonchev–Trinajstić information content (AvgIpc) is 2.20. The maximum absolute atomic E-state index is 5.93. The molecule has 1 saturated heterocycles. The van der Waals surface area contributed by atoms with Gasteiger partial charge in [-0.1, -0.05) is 26.9 Å². The molecule has 0 aliphatic carbocycles. The second-order valence-electron chi connectivity index (χ2n) is 5.67. The fourth-order valence-electron chi connectivity index (χ4n) is 1.79. The van der Waals surface area contributed by atoms with E-state index in [4.69, 9.17) is 8.85 Å². The molecule has 1 aliphatic heterocycles. The zero-order valence-corrected chi connectivity index (χ0v) is 14.3. The third kappa shape index (κ3) is 3.87. The highest BCUT2D eigenvalue weighted by Gasteiger charge is 2.39. The Hall–Kier alpha value is 0.704. The molecule has 0 amide bonds. The largest absolute Gasteiger partial charge is 0.400 e. The van der Waals surface area contributed by atoms with Crippen molar-refractivity contribution >= 4 is 27.7 Å². The quantitative estimate of drug-likeness (QED) is 0.685. The van der Waals surface area contributed by atoms with Gasteiger partial charge in [0.2, 0.25) is 0 Å². The van der Waals surface area contributed by atoms with Crippen LogP contribution in [0.2, 0.25) is 24.2 Å². The fourth-order valence-corrected chi connectivity index (χ4v) is 8.90. The van der Waals surface area contributed by atoms with Crippen molar-refractivity contribution in [3.8, 4) is 0 Å². The van der Waals surface area contributed by atoms with Crippen molar-refractivity contribution in [3.63, 3.8) is 0 Å². The van der Waals surface area contributed by atoms with Crippen LogP contribution >= 0.6 is 11.2 Å². The Labute approximate surface area is 107 Å². The first-order valence-corrected chi connectivity index (χ1v) is 12.6. The monoisotopic (exact) mass is 278 g/mol. The van der Waals surface area contributed by atoms with E-state index in [-0.39, 0.29) is 0 Å². The van der Waals surface area contributed by atoms with Crippen molar-refractivity contribution in [2.75, 3.05) is 19.5 Å². The molecule has 1 rings (SSSR count). The van der Waals surface area contributed by atoms with Gasteiger partial charge < -0.3 is 8.85 Å². The van der Waals surface area contributed by atoms with E-state index in [9.17, 15) is 0 Å². The van der Waals surface area contributed by atoms with Gasteiger partial charge in [-0.15, -0.1) is 0 Å². The molecule has 0 saturated carbocycles. The van der Waals surface area contributed by atoms with Crippen molar-refractivity contribution in [1.29, 1.82) is 0 Å². The number of rotatable bonds is 1. The number of hydrogen-bond donors (Lipinski definition) is 0. The lowest BCUT2D eigenvalue weighted by atomic mass is 10.1. The Morgan fingerprint density at radius 3 is 2.69 bits per heavy atom. The van der Waals surface area contributed by atoms with Crippen LogP contribution < -0.4 is 0 Å². The second-order valence-corrected chi connectivity index (χ2v) is 16.9. The van der Waals surface area contributed by atoms with Crippen LogP contribution in [-0.4, -0.2) is 36.0 Å². The molecule has 0 aromatic heterocycles. The molecule has 5 heteroatoms. The van der Waals surface area contributed by atoms with Crippen LogP contribution in [0.15, 0.2) is 0 Å². The fraction of sp³-hybridized carbons (Fsp3) is 1.00. The summed E-state index contributed by atoms with van der Waals surface area (Å²) < 4.78 is 11.4. The third-order valence-electron chi connectivity index (χ3n) is 3.97. The van der Waals surface area contributed by atoms with Crippen LogP contribution in [0.25, 0.3) is 0 Å². The van der Waals surface area contributed by atoms with Crippen LogP contribution in [-0.2, 0) is 8.85 Å². The van der Waals surface area contributed by atoms with Gasteiger partial charge in [-0.2, -0.15) is 11.2 Å². The zero-order chi connectivity index (χ0) is 12.2. The van der Waals surface area contributed by atoms with E-state index in [1.54, 1.807) is 7.11 Å². The van der Waals surface area contributed by atoms with Gasteiger partial charge in [0, 0.05) is 13.7 Å². The van der Waals surface area contributed by atoms with E-state index in [1.165, 1.54) is 24.6 Å². The molecule has 96 valence electrons. The molecule has 1 atom stereocenters. The predicted octanol–water partition coefficient (Wildman–Crippen LogP) is 3.38. The summed E-state index contributed by atoms with van der Waals surface area (Å²) in [5.41, 5.74) is 0. The molecule has 0 N–H and O–H groups in total. The van der Waals surface area contributed by atoms with E-state index < -0.39 is 16.5 Å². The second kappa shape index (κ2) is 6.04. The van der Waals surface area contributed by atoms with E-state index in [1.807, 2.05) is 0 Å². The average molecular weight is 279 g/mol. The Bertz CT molecular complexity index is 222. The Balaban J connectivity index is 2.62. The van der Waals surface area contributed by atoms with Gasteiger partial charge in [0.15, 0.2) is 0 Å². The summed E-state index contributed by atoms with van der Waals surface area (Å²) in [6.45, 7) is 10.7. The van der Waals surface area contributed by atoms with E-state index in [0.717, 1.165) is 6.61 Å². The minimum Gasteiger partial charge on any atom is -0.400 e. The van der Waals surface area contributed by atoms with Gasteiger partial charge in [-0.25, -0.2) is 0 Å². The van der Waals surface area contributed by atoms with Crippen LogP contribution in [0.5, 0.6) is 0 Å². The molecule has 0 spiro atoms. The molecule has 1 aliphatic rings. The summed E-state index contributed by atoms with van der Waals surface area (Å²) in [4.78, 5) is 0. The molecular weight excluding hydrogens is 252 g/mol. The van der Waals surface area contributed by atoms with Crippen LogP contribution in [0.4, 0.5) is 0 Å². The van der Waals surface area contributed by atoms with Crippen LogP contribution in [0.3, 0.4) is 0 Å². The third-order valence-corrected chi connectivity index (χ3v) is 15.1. The topological polar surface area (TPSA) is 18.5 Å². The minimum absolute atomic E-state index is 0.460. The Morgan fingerprint density at radius 2 is 2.06 bits per heavy atom. The number of hydrogen-bond acceptors (Lipinski definition) is 3.